The van der Waals surface area contributed by atoms with E-state index in [1.807, 2.05) is 65.8 Å². The van der Waals surface area contributed by atoms with Gasteiger partial charge in [-0.2, -0.15) is 52.8 Å². The van der Waals surface area contributed by atoms with Crippen molar-refractivity contribution in [2.24, 2.45) is 0 Å². The molecule has 2 unspecified atom stereocenters. The number of benzene rings is 4. The molecule has 0 spiro atoms. The van der Waals surface area contributed by atoms with E-state index in [4.69, 9.17) is 54.5 Å². The molecule has 2 atom stereocenters. The van der Waals surface area contributed by atoms with Crippen molar-refractivity contribution in [1.29, 1.82) is 0 Å². The molecular weight excluding hydrogens is 1440 g/mol. The molecule has 0 saturated heterocycles. The maximum atomic E-state index is 12.9. The van der Waals surface area contributed by atoms with Crippen LogP contribution in [0.3, 0.4) is 0 Å². The lowest BCUT2D eigenvalue weighted by Gasteiger charge is -2.30. The van der Waals surface area contributed by atoms with Gasteiger partial charge >= 0.3 is 0 Å². The highest BCUT2D eigenvalue weighted by molar-refractivity contribution is 7.86. The van der Waals surface area contributed by atoms with Crippen LogP contribution >= 0.6 is 11.6 Å². The van der Waals surface area contributed by atoms with Crippen LogP contribution in [-0.4, -0.2) is 211 Å². The Labute approximate surface area is 606 Å². The highest BCUT2D eigenvalue weighted by Crippen LogP contribution is 2.52. The second-order valence-electron chi connectivity index (χ2n) is 25.2. The second-order valence-corrected chi connectivity index (χ2v) is 31.6. The normalized spacial score (nSPS) is 16.8. The molecule has 6 N–H and O–H groups in total. The molecule has 0 bridgehead atoms. The van der Waals surface area contributed by atoms with Crippen LogP contribution in [0.4, 0.5) is 17.2 Å². The molecule has 2 aliphatic heterocycles. The molecule has 6 aromatic rings. The van der Waals surface area contributed by atoms with Gasteiger partial charge in [-0.1, -0.05) is 35.9 Å². The molecule has 4 heterocycles. The third-order valence-electron chi connectivity index (χ3n) is 17.3. The van der Waals surface area contributed by atoms with Gasteiger partial charge in [0.25, 0.3) is 46.3 Å². The number of amides is 1. The number of aromatic nitrogens is 4. The summed E-state index contributed by atoms with van der Waals surface area (Å²) in [5, 5.41) is 11.3. The summed E-state index contributed by atoms with van der Waals surface area (Å²) < 4.78 is 187. The molecule has 0 aliphatic carbocycles. The topological polar surface area (TPSA) is 382 Å². The number of ether oxygens (including phenoxy) is 8. The standard InChI is InChI=1S/C69H91ClN8O21S4/c1-50(2)99-62-44-52(70)20-19-51(62)48-72-65-47-58(75-67-73-49-74-78(65)67)55-14-8-9-15-61(55)98-41-40-97-39-38-96-37-36-95-35-34-94-33-32-93-30-27-71-66(79)18-7-6-10-28-76-59-23-21-53(102(86,87)88)45-56(59)68(3,25-12-42-100(80,81)82)63(76)16-11-17-64-69(4,26-13-43-101(83,84)85)57-46-54(103(89,90)91)22-24-60(57)77(64)29-31-92-5/h8-9,11,14-17,19-24,44-47,49-50H,6-7,10,12-13,18,25-43,48H2,1-5H3,(H5-,71,72,73,74,75,79,80,81,82,83,84,85,86,87,88,89,90,91)/p+1. The van der Waals surface area contributed by atoms with Crippen molar-refractivity contribution in [2.45, 2.75) is 112 Å². The van der Waals surface area contributed by atoms with E-state index in [1.165, 1.54) is 43.8 Å². The first kappa shape index (κ1) is 81.6. The molecular formula is C69H92ClN8O21S4+. The van der Waals surface area contributed by atoms with Gasteiger partial charge < -0.3 is 53.4 Å². The summed E-state index contributed by atoms with van der Waals surface area (Å²) in [5.41, 5.74) is 3.25. The quantitative estimate of drug-likeness (QED) is 0.0118. The largest absolute Gasteiger partial charge is 0.491 e. The third kappa shape index (κ3) is 23.7. The molecule has 34 heteroatoms. The van der Waals surface area contributed by atoms with E-state index >= 15 is 0 Å². The van der Waals surface area contributed by atoms with Crippen molar-refractivity contribution in [3.8, 4) is 22.8 Å². The lowest BCUT2D eigenvalue weighted by molar-refractivity contribution is -0.438. The Balaban J connectivity index is 0.741. The van der Waals surface area contributed by atoms with Crippen LogP contribution in [0.1, 0.15) is 95.8 Å². The maximum absolute atomic E-state index is 12.9. The summed E-state index contributed by atoms with van der Waals surface area (Å²) >= 11 is 6.27. The van der Waals surface area contributed by atoms with Crippen LogP contribution in [0, 0.1) is 0 Å². The number of hydrogen-bond acceptors (Lipinski definition) is 22. The number of nitrogens with one attached hydrogen (secondary N) is 2. The number of carbonyl (C=O) groups is 1. The fourth-order valence-electron chi connectivity index (χ4n) is 12.4. The summed E-state index contributed by atoms with van der Waals surface area (Å²) in [6.07, 6.45) is 8.53. The number of hydrogen-bond donors (Lipinski definition) is 6. The molecule has 2 aromatic heterocycles. The first-order valence-corrected chi connectivity index (χ1v) is 40.2. The van der Waals surface area contributed by atoms with Gasteiger partial charge in [0.15, 0.2) is 5.71 Å². The zero-order chi connectivity index (χ0) is 74.4. The van der Waals surface area contributed by atoms with E-state index in [1.54, 1.807) is 48.7 Å². The molecule has 2 aliphatic rings. The number of unbranched alkanes of at least 4 members (excludes halogenated alkanes) is 2. The van der Waals surface area contributed by atoms with Crippen molar-refractivity contribution in [2.75, 3.05) is 128 Å². The molecule has 103 heavy (non-hydrogen) atoms. The number of fused-ring (bicyclic) bond motifs is 3. The number of nitrogens with zero attached hydrogens (tertiary/aromatic N) is 6. The molecule has 29 nitrogen and oxygen atoms in total. The Kier molecular flexibility index (Phi) is 29.9. The number of allylic oxidation sites excluding steroid dienone is 4. The highest BCUT2D eigenvalue weighted by Gasteiger charge is 2.49. The summed E-state index contributed by atoms with van der Waals surface area (Å²) in [5.74, 6) is 1.03. The van der Waals surface area contributed by atoms with Gasteiger partial charge in [0.05, 0.1) is 111 Å². The molecule has 4 aromatic carbocycles. The van der Waals surface area contributed by atoms with E-state index in [2.05, 4.69) is 20.7 Å². The Bertz CT molecular complexity index is 4450. The average molecular weight is 1530 g/mol. The predicted molar refractivity (Wildman–Crippen MR) is 387 cm³/mol. The molecule has 0 fully saturated rings. The Morgan fingerprint density at radius 3 is 1.92 bits per heavy atom. The first-order chi connectivity index (χ1) is 49.0. The van der Waals surface area contributed by atoms with Gasteiger partial charge in [-0.15, -0.1) is 0 Å². The number of carbonyl (C=O) groups excluding carboxylic acids is 1. The predicted octanol–water partition coefficient (Wildman–Crippen LogP) is 8.73. The third-order valence-corrected chi connectivity index (χ3v) is 20.8. The first-order valence-electron chi connectivity index (χ1n) is 33.7. The second kappa shape index (κ2) is 37.8. The van der Waals surface area contributed by atoms with Crippen molar-refractivity contribution >= 4 is 86.7 Å². The van der Waals surface area contributed by atoms with Crippen LogP contribution in [-0.2, 0) is 91.1 Å². The minimum absolute atomic E-state index is 0.0322. The van der Waals surface area contributed by atoms with Crippen LogP contribution in [0.2, 0.25) is 5.02 Å². The zero-order valence-corrected chi connectivity index (χ0v) is 62.3. The van der Waals surface area contributed by atoms with E-state index < -0.39 is 67.7 Å². The Morgan fingerprint density at radius 1 is 0.680 bits per heavy atom. The average Bonchev–Trinajstić information content (AvgIpc) is 1.58. The molecule has 0 radical (unpaired) electrons. The van der Waals surface area contributed by atoms with E-state index in [-0.39, 0.29) is 75.3 Å². The number of halogens is 1. The molecule has 1 amide bonds. The highest BCUT2D eigenvalue weighted by atomic mass is 35.5. The van der Waals surface area contributed by atoms with Gasteiger partial charge in [0.2, 0.25) is 11.6 Å². The minimum atomic E-state index is -4.72. The number of para-hydroxylation sites is 1. The van der Waals surface area contributed by atoms with Gasteiger partial charge in [-0.05, 0) is 132 Å². The van der Waals surface area contributed by atoms with Gasteiger partial charge in [-0.25, -0.2) is 4.98 Å². The summed E-state index contributed by atoms with van der Waals surface area (Å²) in [6.45, 7) is 12.7. The molecule has 564 valence electrons. The summed E-state index contributed by atoms with van der Waals surface area (Å²) in [4.78, 5) is 23.1. The summed E-state index contributed by atoms with van der Waals surface area (Å²) in [6, 6.07) is 23.3. The molecule has 0 saturated carbocycles. The van der Waals surface area contributed by atoms with Crippen molar-refractivity contribution < 1.29 is 99.1 Å². The van der Waals surface area contributed by atoms with Gasteiger partial charge in [0.1, 0.15) is 36.8 Å². The zero-order valence-electron chi connectivity index (χ0n) is 58.3. The summed E-state index contributed by atoms with van der Waals surface area (Å²) in [7, 11) is -16.7. The lowest BCUT2D eigenvalue weighted by Crippen LogP contribution is -2.32. The van der Waals surface area contributed by atoms with Crippen LogP contribution in [0.5, 0.6) is 11.5 Å². The fraction of sp³-hybridized carbons (Fsp3) is 0.493. The van der Waals surface area contributed by atoms with E-state index in [9.17, 15) is 56.7 Å². The Morgan fingerprint density at radius 2 is 1.29 bits per heavy atom. The maximum Gasteiger partial charge on any atom is 0.294 e. The van der Waals surface area contributed by atoms with E-state index in [0.29, 0.717) is 166 Å². The lowest BCUT2D eigenvalue weighted by atomic mass is 9.75. The number of anilines is 2. The minimum Gasteiger partial charge on any atom is -0.491 e. The number of rotatable bonds is 46. The van der Waals surface area contributed by atoms with Crippen LogP contribution < -0.4 is 25.0 Å². The molecule has 8 rings (SSSR count). The van der Waals surface area contributed by atoms with Crippen LogP contribution in [0.25, 0.3) is 17.0 Å². The van der Waals surface area contributed by atoms with E-state index in [0.717, 1.165) is 11.1 Å². The monoisotopic (exact) mass is 1530 g/mol. The SMILES string of the molecule is COCCN1/C(=C\C=C\C2=[N+](CCCCCC(=O)NCCOCCOCCOCCOCCOCCOc3ccccc3-c3cc(NCc4ccc(Cl)cc4OC(C)C)n4ncnc4n3)c3ccc(S(=O)(=O)O)cc3C2(C)CCCS(=O)(=O)O)C(C)(CCCS(=O)(=O)O)c2cc(S(=O)(=O)O)ccc21. The van der Waals surface area contributed by atoms with Crippen molar-refractivity contribution in [3.63, 3.8) is 0 Å². The fourth-order valence-corrected chi connectivity index (χ4v) is 14.6. The van der Waals surface area contributed by atoms with Gasteiger partial charge in [-0.3, -0.25) is 23.0 Å². The Hall–Kier alpha value is -7.06. The van der Waals surface area contributed by atoms with Crippen LogP contribution in [0.15, 0.2) is 125 Å². The van der Waals surface area contributed by atoms with Crippen molar-refractivity contribution in [3.05, 3.63) is 137 Å². The number of methoxy groups -OCH3 is 1. The van der Waals surface area contributed by atoms with Crippen molar-refractivity contribution in [1.82, 2.24) is 24.9 Å². The van der Waals surface area contributed by atoms with Gasteiger partial charge in [0, 0.05) is 96.3 Å². The smallest absolute Gasteiger partial charge is 0.294 e.